The average Bonchev–Trinajstić information content (AvgIpc) is 2.85. The zero-order valence-corrected chi connectivity index (χ0v) is 26.9. The number of aromatic nitrogens is 1. The van der Waals surface area contributed by atoms with Gasteiger partial charge in [0, 0.05) is 21.2 Å². The maximum absolute atomic E-state index is 2.50. The molecule has 0 saturated carbocycles. The second-order valence-corrected chi connectivity index (χ2v) is 15.8. The summed E-state index contributed by atoms with van der Waals surface area (Å²) in [5, 5.41) is 8.34. The van der Waals surface area contributed by atoms with Gasteiger partial charge in [0.1, 0.15) is 7.05 Å². The topological polar surface area (TPSA) is 3.88 Å². The lowest BCUT2D eigenvalue weighted by molar-refractivity contribution is -0.659. The minimum atomic E-state index is 0.117. The van der Waals surface area contributed by atoms with Crippen LogP contribution in [0.2, 0.25) is 0 Å². The highest BCUT2D eigenvalue weighted by molar-refractivity contribution is 8.00. The van der Waals surface area contributed by atoms with E-state index in [9.17, 15) is 0 Å². The van der Waals surface area contributed by atoms with Gasteiger partial charge in [-0.3, -0.25) is 0 Å². The minimum absolute atomic E-state index is 0.117. The molecule has 0 unspecified atom stereocenters. The van der Waals surface area contributed by atoms with Crippen LogP contribution in [0.15, 0.2) is 64.5 Å². The Hall–Kier alpha value is -2.84. The molecular formula is C38H44NS+. The standard InChI is InChI=1S/C38H44NS/c1-22(2)17-31-27-14-11-24(21-37(4,5)6)18-29(27)23(3)33-35-34-28(15-16-39(35)10)30-20-26(38(7,8)9)13-12-25(30)19-32(34)40-36(31)33/h11-16,18-20,22H,17,21H2,1-10H3/q+1. The van der Waals surface area contributed by atoms with Crippen molar-refractivity contribution in [3.63, 3.8) is 0 Å². The highest BCUT2D eigenvalue weighted by Gasteiger charge is 2.33. The summed E-state index contributed by atoms with van der Waals surface area (Å²) in [5.74, 6) is 0.586. The van der Waals surface area contributed by atoms with Crippen LogP contribution in [0, 0.1) is 18.3 Å². The molecular weight excluding hydrogens is 502 g/mol. The van der Waals surface area contributed by atoms with Gasteiger partial charge in [-0.05, 0) is 92.4 Å². The van der Waals surface area contributed by atoms with Gasteiger partial charge in [-0.25, -0.2) is 4.57 Å². The van der Waals surface area contributed by atoms with Gasteiger partial charge in [0.05, 0.1) is 10.9 Å². The lowest BCUT2D eigenvalue weighted by Gasteiger charge is -2.27. The average molecular weight is 547 g/mol. The fraction of sp³-hybridized carbons (Fsp3) is 0.395. The molecule has 2 heteroatoms. The molecule has 2 heterocycles. The summed E-state index contributed by atoms with van der Waals surface area (Å²) in [6.45, 7) is 21.0. The van der Waals surface area contributed by atoms with Gasteiger partial charge in [0.2, 0.25) is 5.69 Å². The molecule has 0 saturated heterocycles. The Morgan fingerprint density at radius 2 is 1.57 bits per heavy atom. The monoisotopic (exact) mass is 546 g/mol. The fourth-order valence-electron chi connectivity index (χ4n) is 6.68. The van der Waals surface area contributed by atoms with Gasteiger partial charge in [0.15, 0.2) is 6.20 Å². The van der Waals surface area contributed by atoms with Crippen LogP contribution in [0.25, 0.3) is 43.6 Å². The van der Waals surface area contributed by atoms with Crippen molar-refractivity contribution in [3.05, 3.63) is 77.0 Å². The molecule has 4 aromatic carbocycles. The van der Waals surface area contributed by atoms with Gasteiger partial charge >= 0.3 is 0 Å². The van der Waals surface area contributed by atoms with Crippen molar-refractivity contribution in [2.45, 2.75) is 90.4 Å². The van der Waals surface area contributed by atoms with E-state index in [1.807, 2.05) is 11.8 Å². The number of hydrogen-bond donors (Lipinski definition) is 0. The molecule has 206 valence electrons. The smallest absolute Gasteiger partial charge is 0.200 e. The lowest BCUT2D eigenvalue weighted by atomic mass is 9.83. The molecule has 0 spiro atoms. The summed E-state index contributed by atoms with van der Waals surface area (Å²) in [6.07, 6.45) is 4.45. The maximum atomic E-state index is 2.50. The molecule has 0 aliphatic carbocycles. The van der Waals surface area contributed by atoms with Crippen LogP contribution in [0.1, 0.15) is 77.6 Å². The normalized spacial score (nSPS) is 13.6. The van der Waals surface area contributed by atoms with Crippen molar-refractivity contribution < 1.29 is 4.57 Å². The fourth-order valence-corrected chi connectivity index (χ4v) is 8.07. The van der Waals surface area contributed by atoms with Crippen LogP contribution in [0.5, 0.6) is 0 Å². The number of rotatable bonds is 3. The number of fused-ring (bicyclic) bond motifs is 5. The van der Waals surface area contributed by atoms with Gasteiger partial charge in [-0.1, -0.05) is 97.5 Å². The van der Waals surface area contributed by atoms with Crippen molar-refractivity contribution in [1.82, 2.24) is 0 Å². The first-order valence-corrected chi connectivity index (χ1v) is 15.7. The van der Waals surface area contributed by atoms with E-state index in [-0.39, 0.29) is 10.8 Å². The highest BCUT2D eigenvalue weighted by Crippen LogP contribution is 2.53. The first-order chi connectivity index (χ1) is 18.7. The largest absolute Gasteiger partial charge is 0.222 e. The number of benzene rings is 4. The predicted octanol–water partition coefficient (Wildman–Crippen LogP) is 10.5. The van der Waals surface area contributed by atoms with Gasteiger partial charge in [-0.2, -0.15) is 0 Å². The van der Waals surface area contributed by atoms with Crippen LogP contribution in [-0.4, -0.2) is 0 Å². The van der Waals surface area contributed by atoms with E-state index in [2.05, 4.69) is 129 Å². The first-order valence-electron chi connectivity index (χ1n) is 14.9. The van der Waals surface area contributed by atoms with E-state index in [0.29, 0.717) is 5.92 Å². The molecule has 6 rings (SSSR count). The third-order valence-electron chi connectivity index (χ3n) is 8.55. The van der Waals surface area contributed by atoms with E-state index in [0.717, 1.165) is 12.8 Å². The maximum Gasteiger partial charge on any atom is 0.222 e. The van der Waals surface area contributed by atoms with E-state index < -0.39 is 0 Å². The Labute approximate surface area is 245 Å². The second kappa shape index (κ2) is 9.35. The van der Waals surface area contributed by atoms with E-state index >= 15 is 0 Å². The van der Waals surface area contributed by atoms with Crippen LogP contribution >= 0.6 is 11.8 Å². The van der Waals surface area contributed by atoms with Crippen LogP contribution in [0.4, 0.5) is 0 Å². The summed E-state index contributed by atoms with van der Waals surface area (Å²) < 4.78 is 2.38. The third kappa shape index (κ3) is 4.53. The molecule has 0 N–H and O–H groups in total. The Kier molecular flexibility index (Phi) is 6.39. The summed E-state index contributed by atoms with van der Waals surface area (Å²) in [4.78, 5) is 2.85. The molecule has 5 aromatic rings. The molecule has 1 nitrogen and oxygen atoms in total. The Morgan fingerprint density at radius 3 is 2.25 bits per heavy atom. The van der Waals surface area contributed by atoms with Crippen molar-refractivity contribution in [2.24, 2.45) is 18.4 Å². The summed E-state index contributed by atoms with van der Waals surface area (Å²) >= 11 is 2.01. The molecule has 0 bridgehead atoms. The Bertz CT molecular complexity index is 1830. The minimum Gasteiger partial charge on any atom is -0.200 e. The SMILES string of the molecule is Cc1c2c(c(CC(C)C)c3ccc(CC(C)(C)C)cc13)Sc1cc3ccc(C(C)(C)C)cc3c3cc[n+](C)c-2c13. The lowest BCUT2D eigenvalue weighted by Crippen LogP contribution is -2.32. The zero-order valence-electron chi connectivity index (χ0n) is 26.0. The number of nitrogens with zero attached hydrogens (tertiary/aromatic N) is 1. The van der Waals surface area contributed by atoms with Crippen LogP contribution in [0.3, 0.4) is 0 Å². The molecule has 0 radical (unpaired) electrons. The van der Waals surface area contributed by atoms with Crippen molar-refractivity contribution >= 4 is 44.1 Å². The second-order valence-electron chi connectivity index (χ2n) is 14.7. The van der Waals surface area contributed by atoms with E-state index in [1.54, 1.807) is 0 Å². The molecule has 0 fully saturated rings. The number of aryl methyl sites for hydroxylation is 2. The Balaban J connectivity index is 1.72. The summed E-state index contributed by atoms with van der Waals surface area (Å²) in [7, 11) is 2.23. The third-order valence-corrected chi connectivity index (χ3v) is 9.75. The van der Waals surface area contributed by atoms with Crippen molar-refractivity contribution in [2.75, 3.05) is 0 Å². The van der Waals surface area contributed by atoms with Crippen LogP contribution in [-0.2, 0) is 25.3 Å². The zero-order chi connectivity index (χ0) is 28.7. The Morgan fingerprint density at radius 1 is 0.825 bits per heavy atom. The van der Waals surface area contributed by atoms with Gasteiger partial charge < -0.3 is 0 Å². The van der Waals surface area contributed by atoms with Crippen molar-refractivity contribution in [1.29, 1.82) is 0 Å². The molecule has 1 aromatic heterocycles. The quantitative estimate of drug-likeness (QED) is 0.158. The molecule has 1 aliphatic rings. The summed E-state index contributed by atoms with van der Waals surface area (Å²) in [6, 6.07) is 19.2. The van der Waals surface area contributed by atoms with E-state index in [1.165, 1.54) is 75.6 Å². The molecule has 1 aliphatic heterocycles. The predicted molar refractivity (Wildman–Crippen MR) is 175 cm³/mol. The molecule has 40 heavy (non-hydrogen) atoms. The van der Waals surface area contributed by atoms with Crippen LogP contribution < -0.4 is 4.57 Å². The highest BCUT2D eigenvalue weighted by atomic mass is 32.2. The van der Waals surface area contributed by atoms with Gasteiger partial charge in [-0.15, -0.1) is 0 Å². The van der Waals surface area contributed by atoms with E-state index in [4.69, 9.17) is 0 Å². The van der Waals surface area contributed by atoms with Gasteiger partial charge in [0.25, 0.3) is 0 Å². The number of pyridine rings is 1. The molecule has 0 atom stereocenters. The molecule has 0 amide bonds. The van der Waals surface area contributed by atoms with Crippen molar-refractivity contribution in [3.8, 4) is 11.3 Å². The first kappa shape index (κ1) is 27.3. The number of hydrogen-bond acceptors (Lipinski definition) is 1. The summed E-state index contributed by atoms with van der Waals surface area (Å²) in [5.41, 5.74) is 8.94.